The highest BCUT2D eigenvalue weighted by molar-refractivity contribution is 6.30. The Hall–Kier alpha value is -3.78. The fourth-order valence-corrected chi connectivity index (χ4v) is 4.10. The van der Waals surface area contributed by atoms with Crippen LogP contribution in [0.2, 0.25) is 5.02 Å². The van der Waals surface area contributed by atoms with E-state index in [9.17, 15) is 17.6 Å². The van der Waals surface area contributed by atoms with Crippen LogP contribution in [0, 0.1) is 12.7 Å². The molecule has 0 amide bonds. The molecule has 0 atom stereocenters. The molecule has 0 radical (unpaired) electrons. The van der Waals surface area contributed by atoms with E-state index in [2.05, 4.69) is 15.2 Å². The number of pyridine rings is 2. The maximum absolute atomic E-state index is 14.8. The van der Waals surface area contributed by atoms with Crippen molar-refractivity contribution >= 4 is 17.2 Å². The molecule has 0 fully saturated rings. The Morgan fingerprint density at radius 3 is 2.31 bits per heavy atom. The largest absolute Gasteiger partial charge is 0.433 e. The lowest BCUT2D eigenvalue weighted by Gasteiger charge is -2.13. The van der Waals surface area contributed by atoms with E-state index in [0.717, 1.165) is 17.2 Å². The van der Waals surface area contributed by atoms with Gasteiger partial charge in [-0.05, 0) is 53.9 Å². The second-order valence-corrected chi connectivity index (χ2v) is 8.48. The summed E-state index contributed by atoms with van der Waals surface area (Å²) in [6, 6.07) is 17.8. The third kappa shape index (κ3) is 4.49. The summed E-state index contributed by atoms with van der Waals surface area (Å²) >= 11 is 6.05. The van der Waals surface area contributed by atoms with Gasteiger partial charge in [0, 0.05) is 34.5 Å². The second-order valence-electron chi connectivity index (χ2n) is 8.05. The van der Waals surface area contributed by atoms with Crippen LogP contribution in [-0.2, 0) is 12.6 Å². The van der Waals surface area contributed by atoms with E-state index in [0.29, 0.717) is 33.2 Å². The summed E-state index contributed by atoms with van der Waals surface area (Å²) in [6.07, 6.45) is -2.56. The zero-order valence-corrected chi connectivity index (χ0v) is 19.1. The van der Waals surface area contributed by atoms with Crippen LogP contribution in [0.4, 0.5) is 17.6 Å². The molecule has 35 heavy (non-hydrogen) atoms. The van der Waals surface area contributed by atoms with Crippen LogP contribution in [0.1, 0.15) is 22.8 Å². The number of rotatable bonds is 4. The summed E-state index contributed by atoms with van der Waals surface area (Å²) < 4.78 is 55.5. The predicted octanol–water partition coefficient (Wildman–Crippen LogP) is 7.17. The first-order valence-corrected chi connectivity index (χ1v) is 11.0. The molecule has 5 aromatic rings. The lowest BCUT2D eigenvalue weighted by atomic mass is 9.96. The molecule has 0 aliphatic heterocycles. The van der Waals surface area contributed by atoms with E-state index in [1.807, 2.05) is 12.1 Å². The van der Waals surface area contributed by atoms with Gasteiger partial charge >= 0.3 is 6.18 Å². The molecule has 0 spiro atoms. The van der Waals surface area contributed by atoms with Gasteiger partial charge in [0.1, 0.15) is 17.3 Å². The van der Waals surface area contributed by atoms with Gasteiger partial charge in [-0.2, -0.15) is 13.2 Å². The summed E-state index contributed by atoms with van der Waals surface area (Å²) in [4.78, 5) is 3.70. The Balaban J connectivity index is 1.64. The van der Waals surface area contributed by atoms with Crippen LogP contribution in [0.25, 0.3) is 27.9 Å². The number of aryl methyl sites for hydroxylation is 1. The minimum absolute atomic E-state index is 0.204. The summed E-state index contributed by atoms with van der Waals surface area (Å²) in [5.41, 5.74) is 2.98. The van der Waals surface area contributed by atoms with Crippen molar-refractivity contribution in [2.75, 3.05) is 0 Å². The van der Waals surface area contributed by atoms with Gasteiger partial charge < -0.3 is 0 Å². The van der Waals surface area contributed by atoms with E-state index in [1.54, 1.807) is 47.0 Å². The molecule has 0 saturated heterocycles. The molecule has 0 bridgehead atoms. The molecule has 4 nitrogen and oxygen atoms in total. The monoisotopic (exact) mass is 496 g/mol. The standard InChI is InChI=1S/C26H17ClF4N4/c1-15-17(8-11-23(32-15)26(29,30)31)12-24-33-34-25-13-20(16-6-9-18(27)10-7-16)21(14-35(24)25)19-4-2-3-5-22(19)28/h2-11,13-14H,12H2,1H3. The van der Waals surface area contributed by atoms with Crippen molar-refractivity contribution in [3.05, 3.63) is 107 Å². The third-order valence-electron chi connectivity index (χ3n) is 5.77. The van der Waals surface area contributed by atoms with Gasteiger partial charge in [-0.1, -0.05) is 48.0 Å². The number of aromatic nitrogens is 4. The molecule has 2 aromatic carbocycles. The van der Waals surface area contributed by atoms with E-state index in [4.69, 9.17) is 11.6 Å². The molecule has 0 N–H and O–H groups in total. The van der Waals surface area contributed by atoms with Gasteiger partial charge in [-0.3, -0.25) is 4.40 Å². The number of nitrogens with zero attached hydrogens (tertiary/aromatic N) is 4. The summed E-state index contributed by atoms with van der Waals surface area (Å²) in [5, 5.41) is 9.09. The highest BCUT2D eigenvalue weighted by atomic mass is 35.5. The van der Waals surface area contributed by atoms with Gasteiger partial charge in [0.05, 0.1) is 0 Å². The van der Waals surface area contributed by atoms with Gasteiger partial charge in [-0.25, -0.2) is 9.37 Å². The van der Waals surface area contributed by atoms with Crippen molar-refractivity contribution in [3.63, 3.8) is 0 Å². The number of halogens is 5. The van der Waals surface area contributed by atoms with Crippen LogP contribution in [0.3, 0.4) is 0 Å². The highest BCUT2D eigenvalue weighted by Crippen LogP contribution is 2.35. The number of hydrogen-bond acceptors (Lipinski definition) is 3. The van der Waals surface area contributed by atoms with Gasteiger partial charge in [-0.15, -0.1) is 10.2 Å². The first kappa shape index (κ1) is 23.0. The first-order chi connectivity index (χ1) is 16.7. The topological polar surface area (TPSA) is 43.1 Å². The molecular formula is C26H17ClF4N4. The van der Waals surface area contributed by atoms with Crippen molar-refractivity contribution < 1.29 is 17.6 Å². The maximum atomic E-state index is 14.8. The second kappa shape index (κ2) is 8.78. The minimum atomic E-state index is -4.52. The van der Waals surface area contributed by atoms with Crippen LogP contribution in [0.15, 0.2) is 72.9 Å². The van der Waals surface area contributed by atoms with Crippen molar-refractivity contribution in [2.24, 2.45) is 0 Å². The molecule has 0 aliphatic rings. The van der Waals surface area contributed by atoms with Gasteiger partial charge in [0.25, 0.3) is 0 Å². The van der Waals surface area contributed by atoms with Crippen LogP contribution in [-0.4, -0.2) is 19.6 Å². The minimum Gasteiger partial charge on any atom is -0.285 e. The van der Waals surface area contributed by atoms with Crippen molar-refractivity contribution in [2.45, 2.75) is 19.5 Å². The molecule has 176 valence electrons. The number of hydrogen-bond donors (Lipinski definition) is 0. The fraction of sp³-hybridized carbons (Fsp3) is 0.115. The fourth-order valence-electron chi connectivity index (χ4n) is 3.97. The van der Waals surface area contributed by atoms with Crippen LogP contribution >= 0.6 is 11.6 Å². The number of benzene rings is 2. The molecule has 3 heterocycles. The molecule has 0 unspecified atom stereocenters. The Kier molecular flexibility index (Phi) is 5.76. The van der Waals surface area contributed by atoms with Crippen molar-refractivity contribution in [1.29, 1.82) is 0 Å². The predicted molar refractivity (Wildman–Crippen MR) is 126 cm³/mol. The molecule has 0 aliphatic carbocycles. The molecule has 3 aromatic heterocycles. The van der Waals surface area contributed by atoms with Gasteiger partial charge in [0.15, 0.2) is 5.65 Å². The van der Waals surface area contributed by atoms with E-state index in [-0.39, 0.29) is 17.9 Å². The average Bonchev–Trinajstić information content (AvgIpc) is 3.21. The summed E-state index contributed by atoms with van der Waals surface area (Å²) in [5.74, 6) is 0.101. The zero-order valence-electron chi connectivity index (χ0n) is 18.3. The lowest BCUT2D eigenvalue weighted by Crippen LogP contribution is -2.10. The van der Waals surface area contributed by atoms with E-state index in [1.165, 1.54) is 19.1 Å². The SMILES string of the molecule is Cc1nc(C(F)(F)F)ccc1Cc1nnc2cc(-c3ccc(Cl)cc3)c(-c3ccccc3F)cn12. The maximum Gasteiger partial charge on any atom is 0.433 e. The summed E-state index contributed by atoms with van der Waals surface area (Å²) in [7, 11) is 0. The van der Waals surface area contributed by atoms with Gasteiger partial charge in [0.2, 0.25) is 0 Å². The molecular weight excluding hydrogens is 480 g/mol. The smallest absolute Gasteiger partial charge is 0.285 e. The van der Waals surface area contributed by atoms with Crippen LogP contribution < -0.4 is 0 Å². The third-order valence-corrected chi connectivity index (χ3v) is 6.02. The number of alkyl halides is 3. The normalized spacial score (nSPS) is 11.8. The zero-order chi connectivity index (χ0) is 24.7. The van der Waals surface area contributed by atoms with E-state index >= 15 is 0 Å². The van der Waals surface area contributed by atoms with Crippen molar-refractivity contribution in [1.82, 2.24) is 19.6 Å². The van der Waals surface area contributed by atoms with Crippen LogP contribution in [0.5, 0.6) is 0 Å². The lowest BCUT2D eigenvalue weighted by molar-refractivity contribution is -0.141. The molecule has 9 heteroatoms. The summed E-state index contributed by atoms with van der Waals surface area (Å²) in [6.45, 7) is 1.53. The Morgan fingerprint density at radius 2 is 1.63 bits per heavy atom. The number of fused-ring (bicyclic) bond motifs is 1. The van der Waals surface area contributed by atoms with Crippen molar-refractivity contribution in [3.8, 4) is 22.3 Å². The first-order valence-electron chi connectivity index (χ1n) is 10.6. The average molecular weight is 497 g/mol. The Labute approximate surface area is 202 Å². The quantitative estimate of drug-likeness (QED) is 0.248. The highest BCUT2D eigenvalue weighted by Gasteiger charge is 2.32. The van der Waals surface area contributed by atoms with E-state index < -0.39 is 11.9 Å². The molecule has 0 saturated carbocycles. The Bertz CT molecular complexity index is 1540. The Morgan fingerprint density at radius 1 is 0.886 bits per heavy atom. The molecule has 5 rings (SSSR count).